The number of nitrogens with one attached hydrogen (secondary N) is 1. The molecule has 14 heteroatoms. The minimum atomic E-state index is -5.35. The normalized spacial score (nSPS) is 21.2. The number of aliphatic hydroxyl groups is 2. The van der Waals surface area contributed by atoms with Gasteiger partial charge in [0.25, 0.3) is 6.43 Å². The molecule has 0 spiro atoms. The molecule has 8 nitrogen and oxygen atoms in total. The van der Waals surface area contributed by atoms with E-state index >= 15 is 0 Å². The molecule has 1 aliphatic carbocycles. The number of halogens is 6. The van der Waals surface area contributed by atoms with Gasteiger partial charge >= 0.3 is 6.18 Å². The summed E-state index contributed by atoms with van der Waals surface area (Å²) < 4.78 is 97.0. The second-order valence-corrected chi connectivity index (χ2v) is 12.4. The highest BCUT2D eigenvalue weighted by Crippen LogP contribution is 2.50. The summed E-state index contributed by atoms with van der Waals surface area (Å²) in [6.45, 7) is 1.85. The average Bonchev–Trinajstić information content (AvgIpc) is 3.88. The van der Waals surface area contributed by atoms with Crippen molar-refractivity contribution >= 4 is 10.9 Å². The van der Waals surface area contributed by atoms with Gasteiger partial charge in [0.05, 0.1) is 23.3 Å². The molecule has 0 saturated heterocycles. The Morgan fingerprint density at radius 3 is 2.44 bits per heavy atom. The molecule has 4 aromatic rings. The lowest BCUT2D eigenvalue weighted by atomic mass is 9.73. The number of aliphatic hydroxyl groups excluding tert-OH is 1. The number of alkyl halides is 5. The maximum absolute atomic E-state index is 14.9. The zero-order valence-corrected chi connectivity index (χ0v) is 25.7. The lowest BCUT2D eigenvalue weighted by Gasteiger charge is -2.38. The van der Waals surface area contributed by atoms with Crippen LogP contribution in [-0.2, 0) is 5.60 Å². The summed E-state index contributed by atoms with van der Waals surface area (Å²) in [7, 11) is 0. The van der Waals surface area contributed by atoms with Crippen molar-refractivity contribution in [1.29, 1.82) is 5.26 Å². The molecule has 1 saturated carbocycles. The first-order valence-corrected chi connectivity index (χ1v) is 15.1. The largest absolute Gasteiger partial charge is 0.489 e. The van der Waals surface area contributed by atoms with Gasteiger partial charge in [-0.25, -0.2) is 18.2 Å². The summed E-state index contributed by atoms with van der Waals surface area (Å²) in [5.41, 5.74) is -5.59. The fourth-order valence-corrected chi connectivity index (χ4v) is 5.55. The zero-order valence-electron chi connectivity index (χ0n) is 25.7. The van der Waals surface area contributed by atoms with Crippen molar-refractivity contribution in [1.82, 2.24) is 15.3 Å². The Hall–Kier alpha value is -4.45. The molecule has 252 valence electrons. The van der Waals surface area contributed by atoms with Crippen LogP contribution >= 0.6 is 0 Å². The lowest BCUT2D eigenvalue weighted by Crippen LogP contribution is -2.51. The minimum absolute atomic E-state index is 0.0203. The molecule has 2 aromatic heterocycles. The summed E-state index contributed by atoms with van der Waals surface area (Å²) >= 11 is 0. The molecule has 3 N–H and O–H groups in total. The molecule has 6 rings (SSSR count). The number of fused-ring (bicyclic) bond motifs is 2. The predicted molar refractivity (Wildman–Crippen MR) is 161 cm³/mol. The van der Waals surface area contributed by atoms with Crippen LogP contribution in [-0.4, -0.2) is 45.6 Å². The van der Waals surface area contributed by atoms with Crippen LogP contribution in [0.5, 0.6) is 11.5 Å². The van der Waals surface area contributed by atoms with Gasteiger partial charge in [0.2, 0.25) is 5.60 Å². The van der Waals surface area contributed by atoms with Gasteiger partial charge in [-0.2, -0.15) is 18.4 Å². The Bertz CT molecular complexity index is 1900. The molecule has 0 bridgehead atoms. The highest BCUT2D eigenvalue weighted by Gasteiger charge is 2.57. The van der Waals surface area contributed by atoms with Crippen molar-refractivity contribution < 1.29 is 46.0 Å². The highest BCUT2D eigenvalue weighted by atomic mass is 19.4. The Morgan fingerprint density at radius 1 is 1.12 bits per heavy atom. The molecule has 3 heterocycles. The summed E-state index contributed by atoms with van der Waals surface area (Å²) in [5, 5.41) is 34.8. The lowest BCUT2D eigenvalue weighted by molar-refractivity contribution is -0.267. The highest BCUT2D eigenvalue weighted by molar-refractivity contribution is 5.86. The van der Waals surface area contributed by atoms with E-state index in [-0.39, 0.29) is 57.5 Å². The number of rotatable bonds is 9. The predicted octanol–water partition coefficient (Wildman–Crippen LogP) is 6.97. The standard InChI is InChI=1S/C34H30F6N4O4/c1-17-24-12-26(44-28(18-3-5-22(35)6-4-18)29(24)47-16-32(17,2)14-41)33(46,34(38,39)40)15-43-31(45)20-9-19-10-21(30(36)37)13-42-27(19)25(11-20)48-23-7-8-23/h3-6,9-13,17,23,30-31,43,45-46H,7-8,15-16H2,1-2H3. The first-order valence-electron chi connectivity index (χ1n) is 15.1. The number of hydrogen-bond donors (Lipinski definition) is 3. The topological polar surface area (TPSA) is 121 Å². The van der Waals surface area contributed by atoms with Crippen LogP contribution in [0.3, 0.4) is 0 Å². The third kappa shape index (κ3) is 6.13. The molecule has 2 aliphatic rings. The van der Waals surface area contributed by atoms with Crippen molar-refractivity contribution in [3.8, 4) is 28.8 Å². The van der Waals surface area contributed by atoms with Crippen LogP contribution in [0.25, 0.3) is 22.2 Å². The summed E-state index contributed by atoms with van der Waals surface area (Å²) in [6, 6.07) is 11.8. The van der Waals surface area contributed by atoms with Gasteiger partial charge in [-0.15, -0.1) is 0 Å². The molecule has 4 atom stereocenters. The van der Waals surface area contributed by atoms with E-state index < -0.39 is 59.4 Å². The van der Waals surface area contributed by atoms with Crippen molar-refractivity contribution in [3.05, 3.63) is 82.9 Å². The molecule has 4 unspecified atom stereocenters. The molecule has 1 fully saturated rings. The van der Waals surface area contributed by atoms with Crippen LogP contribution in [0.1, 0.15) is 67.6 Å². The van der Waals surface area contributed by atoms with Gasteiger partial charge in [0.1, 0.15) is 41.4 Å². The first-order chi connectivity index (χ1) is 22.6. The summed E-state index contributed by atoms with van der Waals surface area (Å²) in [5.74, 6) is -1.01. The number of benzene rings is 2. The monoisotopic (exact) mass is 672 g/mol. The number of ether oxygens (including phenoxy) is 2. The number of nitrogens with zero attached hydrogens (tertiary/aromatic N) is 3. The Balaban J connectivity index is 1.40. The van der Waals surface area contributed by atoms with E-state index in [0.717, 1.165) is 43.3 Å². The van der Waals surface area contributed by atoms with Gasteiger partial charge in [-0.05, 0) is 73.9 Å². The first kappa shape index (κ1) is 33.5. The van der Waals surface area contributed by atoms with Crippen LogP contribution in [0.4, 0.5) is 26.3 Å². The second-order valence-electron chi connectivity index (χ2n) is 12.4. The van der Waals surface area contributed by atoms with Gasteiger partial charge in [0.15, 0.2) is 0 Å². The molecule has 0 amide bonds. The maximum Gasteiger partial charge on any atom is 0.424 e. The second kappa shape index (κ2) is 12.2. The fourth-order valence-electron chi connectivity index (χ4n) is 5.55. The van der Waals surface area contributed by atoms with Crippen molar-refractivity contribution in [2.24, 2.45) is 5.41 Å². The van der Waals surface area contributed by atoms with E-state index in [1.54, 1.807) is 13.8 Å². The minimum Gasteiger partial charge on any atom is -0.489 e. The quantitative estimate of drug-likeness (QED) is 0.129. The van der Waals surface area contributed by atoms with Crippen molar-refractivity contribution in [2.45, 2.75) is 63.1 Å². The molecule has 48 heavy (non-hydrogen) atoms. The van der Waals surface area contributed by atoms with Gasteiger partial charge in [0, 0.05) is 40.7 Å². The van der Waals surface area contributed by atoms with Crippen molar-refractivity contribution in [3.63, 3.8) is 0 Å². The smallest absolute Gasteiger partial charge is 0.424 e. The van der Waals surface area contributed by atoms with Gasteiger partial charge in [-0.1, -0.05) is 6.92 Å². The molecule has 0 radical (unpaired) electrons. The third-order valence-corrected chi connectivity index (χ3v) is 8.93. The third-order valence-electron chi connectivity index (χ3n) is 8.93. The number of nitriles is 1. The summed E-state index contributed by atoms with van der Waals surface area (Å²) in [4.78, 5) is 8.26. The SMILES string of the molecule is CC1c2cc(C(O)(CNC(O)c3cc(OC4CC4)c4ncc(C(F)F)cc4c3)C(F)(F)F)nc(-c3ccc(F)cc3)c2OCC1(C)C#N. The zero-order chi connectivity index (χ0) is 34.6. The Morgan fingerprint density at radius 2 is 1.81 bits per heavy atom. The van der Waals surface area contributed by atoms with Gasteiger partial charge < -0.3 is 19.7 Å². The van der Waals surface area contributed by atoms with E-state index in [1.165, 1.54) is 24.3 Å². The number of pyridine rings is 2. The van der Waals surface area contributed by atoms with Crippen LogP contribution in [0.2, 0.25) is 0 Å². The van der Waals surface area contributed by atoms with E-state index in [4.69, 9.17) is 9.47 Å². The molecular weight excluding hydrogens is 642 g/mol. The van der Waals surface area contributed by atoms with E-state index in [0.29, 0.717) is 0 Å². The maximum atomic E-state index is 14.9. The van der Waals surface area contributed by atoms with E-state index in [2.05, 4.69) is 21.4 Å². The molecule has 2 aromatic carbocycles. The number of hydrogen-bond acceptors (Lipinski definition) is 8. The molecular formula is C34H30F6N4O4. The fraction of sp³-hybridized carbons (Fsp3) is 0.382. The van der Waals surface area contributed by atoms with Crippen LogP contribution in [0, 0.1) is 22.6 Å². The van der Waals surface area contributed by atoms with E-state index in [9.17, 15) is 41.8 Å². The van der Waals surface area contributed by atoms with Crippen molar-refractivity contribution in [2.75, 3.05) is 13.2 Å². The molecule has 1 aliphatic heterocycles. The number of aromatic nitrogens is 2. The summed E-state index contributed by atoms with van der Waals surface area (Å²) in [6.07, 6.45) is -7.69. The van der Waals surface area contributed by atoms with Gasteiger partial charge in [-0.3, -0.25) is 10.3 Å². The van der Waals surface area contributed by atoms with E-state index in [1.807, 2.05) is 0 Å². The van der Waals surface area contributed by atoms with Crippen LogP contribution in [0.15, 0.2) is 54.7 Å². The van der Waals surface area contributed by atoms with Crippen LogP contribution < -0.4 is 14.8 Å². The Kier molecular flexibility index (Phi) is 8.51. The Labute approximate surface area is 271 Å². The average molecular weight is 673 g/mol.